The van der Waals surface area contributed by atoms with E-state index in [9.17, 15) is 0 Å². The largest absolute Gasteiger partial charge is 0.325 e. The molecule has 0 radical (unpaired) electrons. The van der Waals surface area contributed by atoms with E-state index in [0.717, 1.165) is 32.9 Å². The second kappa shape index (κ2) is 6.18. The van der Waals surface area contributed by atoms with Gasteiger partial charge < -0.3 is 5.73 Å². The zero-order chi connectivity index (χ0) is 13.0. The van der Waals surface area contributed by atoms with Crippen LogP contribution in [0.4, 0.5) is 0 Å². The van der Waals surface area contributed by atoms with Crippen molar-refractivity contribution in [1.29, 1.82) is 0 Å². The highest BCUT2D eigenvalue weighted by Crippen LogP contribution is 2.23. The van der Waals surface area contributed by atoms with Crippen molar-refractivity contribution in [1.82, 2.24) is 9.97 Å². The summed E-state index contributed by atoms with van der Waals surface area (Å²) in [5.74, 6) is 1.55. The molecule has 18 heavy (non-hydrogen) atoms. The van der Waals surface area contributed by atoms with Crippen LogP contribution in [0.2, 0.25) is 5.02 Å². The lowest BCUT2D eigenvalue weighted by molar-refractivity contribution is 0.900. The minimum Gasteiger partial charge on any atom is -0.325 e. The molecule has 0 aliphatic carbocycles. The van der Waals surface area contributed by atoms with Gasteiger partial charge in [0.2, 0.25) is 0 Å². The molecule has 0 aliphatic rings. The summed E-state index contributed by atoms with van der Waals surface area (Å²) in [6, 6.07) is 9.66. The van der Waals surface area contributed by atoms with E-state index in [1.54, 1.807) is 11.8 Å². The van der Waals surface area contributed by atoms with Crippen LogP contribution in [0.25, 0.3) is 0 Å². The molecule has 0 bridgehead atoms. The third-order valence-electron chi connectivity index (χ3n) is 2.34. The van der Waals surface area contributed by atoms with Gasteiger partial charge in [0.05, 0.1) is 11.4 Å². The molecule has 5 heteroatoms. The van der Waals surface area contributed by atoms with Crippen molar-refractivity contribution in [2.45, 2.75) is 24.1 Å². The molecule has 1 aromatic heterocycles. The standard InChI is InChI=1S/C13H14ClN3S/c1-9-6-11(7-15)17-13(16-9)8-18-12-4-2-10(14)3-5-12/h2-6H,7-8,15H2,1H3. The number of aryl methyl sites for hydroxylation is 1. The Morgan fingerprint density at radius 2 is 1.94 bits per heavy atom. The van der Waals surface area contributed by atoms with Gasteiger partial charge in [-0.3, -0.25) is 0 Å². The van der Waals surface area contributed by atoms with Gasteiger partial charge in [-0.2, -0.15) is 0 Å². The second-order valence-electron chi connectivity index (χ2n) is 3.86. The van der Waals surface area contributed by atoms with Gasteiger partial charge in [-0.15, -0.1) is 11.8 Å². The molecule has 0 atom stereocenters. The van der Waals surface area contributed by atoms with E-state index >= 15 is 0 Å². The summed E-state index contributed by atoms with van der Waals surface area (Å²) in [6.07, 6.45) is 0. The SMILES string of the molecule is Cc1cc(CN)nc(CSc2ccc(Cl)cc2)n1. The number of benzene rings is 1. The lowest BCUT2D eigenvalue weighted by Crippen LogP contribution is -2.04. The zero-order valence-electron chi connectivity index (χ0n) is 10.1. The molecular weight excluding hydrogens is 266 g/mol. The predicted molar refractivity (Wildman–Crippen MR) is 75.7 cm³/mol. The summed E-state index contributed by atoms with van der Waals surface area (Å²) in [5.41, 5.74) is 7.44. The van der Waals surface area contributed by atoms with Crippen molar-refractivity contribution in [2.75, 3.05) is 0 Å². The van der Waals surface area contributed by atoms with Crippen molar-refractivity contribution < 1.29 is 0 Å². The van der Waals surface area contributed by atoms with E-state index in [4.69, 9.17) is 17.3 Å². The first kappa shape index (κ1) is 13.3. The van der Waals surface area contributed by atoms with Crippen LogP contribution < -0.4 is 5.73 Å². The summed E-state index contributed by atoms with van der Waals surface area (Å²) >= 11 is 7.53. The van der Waals surface area contributed by atoms with Gasteiger partial charge in [0, 0.05) is 22.2 Å². The van der Waals surface area contributed by atoms with Crippen molar-refractivity contribution in [3.8, 4) is 0 Å². The molecule has 0 spiro atoms. The predicted octanol–water partition coefficient (Wildman–Crippen LogP) is 3.19. The molecule has 2 aromatic rings. The van der Waals surface area contributed by atoms with Gasteiger partial charge in [-0.1, -0.05) is 11.6 Å². The van der Waals surface area contributed by atoms with Gasteiger partial charge in [-0.05, 0) is 37.3 Å². The van der Waals surface area contributed by atoms with Crippen LogP contribution in [0.3, 0.4) is 0 Å². The number of rotatable bonds is 4. The van der Waals surface area contributed by atoms with Crippen LogP contribution in [0.5, 0.6) is 0 Å². The molecule has 2 N–H and O–H groups in total. The van der Waals surface area contributed by atoms with Gasteiger partial charge in [0.1, 0.15) is 5.82 Å². The van der Waals surface area contributed by atoms with Gasteiger partial charge in [-0.25, -0.2) is 9.97 Å². The maximum Gasteiger partial charge on any atom is 0.139 e. The quantitative estimate of drug-likeness (QED) is 0.874. The molecule has 0 fully saturated rings. The fourth-order valence-electron chi connectivity index (χ4n) is 1.55. The topological polar surface area (TPSA) is 51.8 Å². The van der Waals surface area contributed by atoms with Crippen LogP contribution in [-0.2, 0) is 12.3 Å². The van der Waals surface area contributed by atoms with Crippen molar-refractivity contribution in [2.24, 2.45) is 5.73 Å². The van der Waals surface area contributed by atoms with E-state index in [0.29, 0.717) is 6.54 Å². The molecule has 1 heterocycles. The maximum absolute atomic E-state index is 5.84. The Morgan fingerprint density at radius 3 is 2.61 bits per heavy atom. The number of nitrogens with two attached hydrogens (primary N) is 1. The highest BCUT2D eigenvalue weighted by molar-refractivity contribution is 7.98. The maximum atomic E-state index is 5.84. The first-order chi connectivity index (χ1) is 8.67. The Bertz CT molecular complexity index is 528. The molecule has 0 saturated carbocycles. The molecule has 1 aromatic carbocycles. The Balaban J connectivity index is 2.05. The minimum absolute atomic E-state index is 0.446. The van der Waals surface area contributed by atoms with E-state index < -0.39 is 0 Å². The van der Waals surface area contributed by atoms with Crippen molar-refractivity contribution >= 4 is 23.4 Å². The first-order valence-electron chi connectivity index (χ1n) is 5.59. The Labute approximate surface area is 116 Å². The second-order valence-corrected chi connectivity index (χ2v) is 5.35. The van der Waals surface area contributed by atoms with Gasteiger partial charge >= 0.3 is 0 Å². The highest BCUT2D eigenvalue weighted by Gasteiger charge is 2.02. The summed E-state index contributed by atoms with van der Waals surface area (Å²) < 4.78 is 0. The van der Waals surface area contributed by atoms with Crippen LogP contribution >= 0.6 is 23.4 Å². The highest BCUT2D eigenvalue weighted by atomic mass is 35.5. The lowest BCUT2D eigenvalue weighted by Gasteiger charge is -2.04. The number of hydrogen-bond donors (Lipinski definition) is 1. The summed E-state index contributed by atoms with van der Waals surface area (Å²) in [7, 11) is 0. The monoisotopic (exact) mass is 279 g/mol. The fraction of sp³-hybridized carbons (Fsp3) is 0.231. The van der Waals surface area contributed by atoms with E-state index in [-0.39, 0.29) is 0 Å². The number of nitrogens with zero attached hydrogens (tertiary/aromatic N) is 2. The van der Waals surface area contributed by atoms with Crippen LogP contribution in [-0.4, -0.2) is 9.97 Å². The number of thioether (sulfide) groups is 1. The third kappa shape index (κ3) is 3.70. The van der Waals surface area contributed by atoms with Crippen LogP contribution in [0.15, 0.2) is 35.2 Å². The summed E-state index contributed by atoms with van der Waals surface area (Å²) in [5, 5.41) is 0.747. The summed E-state index contributed by atoms with van der Waals surface area (Å²) in [4.78, 5) is 9.95. The first-order valence-corrected chi connectivity index (χ1v) is 6.95. The Kier molecular flexibility index (Phi) is 4.58. The average Bonchev–Trinajstić information content (AvgIpc) is 2.37. The summed E-state index contributed by atoms with van der Waals surface area (Å²) in [6.45, 7) is 2.40. The Hall–Kier alpha value is -1.10. The molecular formula is C13H14ClN3S. The van der Waals surface area contributed by atoms with Crippen LogP contribution in [0, 0.1) is 6.92 Å². The average molecular weight is 280 g/mol. The third-order valence-corrected chi connectivity index (χ3v) is 3.60. The zero-order valence-corrected chi connectivity index (χ0v) is 11.6. The van der Waals surface area contributed by atoms with Crippen LogP contribution in [0.1, 0.15) is 17.2 Å². The van der Waals surface area contributed by atoms with Crippen molar-refractivity contribution in [3.63, 3.8) is 0 Å². The van der Waals surface area contributed by atoms with E-state index in [1.165, 1.54) is 0 Å². The van der Waals surface area contributed by atoms with E-state index in [1.807, 2.05) is 37.3 Å². The molecule has 0 amide bonds. The molecule has 2 rings (SSSR count). The van der Waals surface area contributed by atoms with Gasteiger partial charge in [0.25, 0.3) is 0 Å². The molecule has 0 saturated heterocycles. The smallest absolute Gasteiger partial charge is 0.139 e. The lowest BCUT2D eigenvalue weighted by atomic mass is 10.3. The van der Waals surface area contributed by atoms with E-state index in [2.05, 4.69) is 9.97 Å². The molecule has 0 unspecified atom stereocenters. The Morgan fingerprint density at radius 1 is 1.22 bits per heavy atom. The van der Waals surface area contributed by atoms with Gasteiger partial charge in [0.15, 0.2) is 0 Å². The fourth-order valence-corrected chi connectivity index (χ4v) is 2.43. The number of aromatic nitrogens is 2. The van der Waals surface area contributed by atoms with Crippen molar-refractivity contribution in [3.05, 3.63) is 52.6 Å². The molecule has 0 aliphatic heterocycles. The number of hydrogen-bond acceptors (Lipinski definition) is 4. The minimum atomic E-state index is 0.446. The number of halogens is 1. The molecule has 94 valence electrons. The molecule has 3 nitrogen and oxygen atoms in total. The normalized spacial score (nSPS) is 10.6.